The highest BCUT2D eigenvalue weighted by atomic mass is 32.1. The first-order valence-electron chi connectivity index (χ1n) is 19.0. The van der Waals surface area contributed by atoms with Crippen LogP contribution in [0.2, 0.25) is 0 Å². The zero-order valence-corrected chi connectivity index (χ0v) is 31.0. The van der Waals surface area contributed by atoms with E-state index in [2.05, 4.69) is 204 Å². The van der Waals surface area contributed by atoms with Crippen LogP contribution in [-0.4, -0.2) is 4.57 Å². The Bertz CT molecular complexity index is 3480. The minimum Gasteiger partial charge on any atom is -0.455 e. The molecule has 0 saturated carbocycles. The third-order valence-electron chi connectivity index (χ3n) is 11.4. The lowest BCUT2D eigenvalue weighted by atomic mass is 10.0. The monoisotopic (exact) mass is 732 g/mol. The maximum absolute atomic E-state index is 6.75. The Labute approximate surface area is 326 Å². The number of anilines is 3. The van der Waals surface area contributed by atoms with Crippen LogP contribution in [0.5, 0.6) is 0 Å². The first kappa shape index (κ1) is 31.2. The quantitative estimate of drug-likeness (QED) is 0.176. The van der Waals surface area contributed by atoms with Gasteiger partial charge in [0.25, 0.3) is 0 Å². The van der Waals surface area contributed by atoms with E-state index in [1.807, 2.05) is 11.3 Å². The number of nitrogens with zero attached hydrogens (tertiary/aromatic N) is 2. The van der Waals surface area contributed by atoms with Crippen LogP contribution in [0.4, 0.5) is 17.1 Å². The molecule has 0 fully saturated rings. The predicted molar refractivity (Wildman–Crippen MR) is 239 cm³/mol. The number of thiophene rings is 1. The first-order valence-corrected chi connectivity index (χ1v) is 19.8. The van der Waals surface area contributed by atoms with Gasteiger partial charge in [0.15, 0.2) is 0 Å². The highest BCUT2D eigenvalue weighted by Gasteiger charge is 2.22. The van der Waals surface area contributed by atoms with Gasteiger partial charge < -0.3 is 13.9 Å². The van der Waals surface area contributed by atoms with Gasteiger partial charge in [-0.3, -0.25) is 0 Å². The van der Waals surface area contributed by atoms with Crippen LogP contribution in [0.1, 0.15) is 0 Å². The van der Waals surface area contributed by atoms with Crippen molar-refractivity contribution >= 4 is 103 Å². The lowest BCUT2D eigenvalue weighted by Gasteiger charge is -2.27. The summed E-state index contributed by atoms with van der Waals surface area (Å²) in [6, 6.07) is 70.2. The van der Waals surface area contributed by atoms with Crippen molar-refractivity contribution in [1.29, 1.82) is 0 Å². The molecule has 0 saturated heterocycles. The van der Waals surface area contributed by atoms with Crippen molar-refractivity contribution < 1.29 is 4.42 Å². The zero-order valence-electron chi connectivity index (χ0n) is 30.2. The van der Waals surface area contributed by atoms with Crippen molar-refractivity contribution in [1.82, 2.24) is 4.57 Å². The van der Waals surface area contributed by atoms with Crippen LogP contribution in [0.25, 0.3) is 91.5 Å². The van der Waals surface area contributed by atoms with Crippen LogP contribution in [0.3, 0.4) is 0 Å². The van der Waals surface area contributed by atoms with E-state index in [1.54, 1.807) is 0 Å². The van der Waals surface area contributed by atoms with Gasteiger partial charge in [-0.1, -0.05) is 121 Å². The number of rotatable bonds is 5. The van der Waals surface area contributed by atoms with E-state index in [1.165, 1.54) is 47.4 Å². The second-order valence-corrected chi connectivity index (χ2v) is 15.6. The molecular formula is C52H32N2OS. The second-order valence-electron chi connectivity index (χ2n) is 14.5. The smallest absolute Gasteiger partial charge is 0.143 e. The number of hydrogen-bond acceptors (Lipinski definition) is 3. The molecule has 0 aliphatic carbocycles. The van der Waals surface area contributed by atoms with E-state index in [9.17, 15) is 0 Å². The molecule has 3 heterocycles. The van der Waals surface area contributed by atoms with Gasteiger partial charge in [-0.2, -0.15) is 0 Å². The molecule has 0 unspecified atom stereocenters. The molecule has 0 N–H and O–H groups in total. The zero-order chi connectivity index (χ0) is 36.7. The summed E-state index contributed by atoms with van der Waals surface area (Å²) in [6.45, 7) is 0. The lowest BCUT2D eigenvalue weighted by molar-refractivity contribution is 0.674. The summed E-state index contributed by atoms with van der Waals surface area (Å²) in [7, 11) is 0. The number of hydrogen-bond donors (Lipinski definition) is 0. The Morgan fingerprint density at radius 1 is 0.429 bits per heavy atom. The van der Waals surface area contributed by atoms with E-state index in [-0.39, 0.29) is 0 Å². The van der Waals surface area contributed by atoms with Crippen molar-refractivity contribution in [2.45, 2.75) is 0 Å². The standard InChI is InChI=1S/C52H32N2OS/c1-2-13-35(14-3-1)54-45-20-8-6-17-43(45)50-46(21-11-22-47(50)54)53(37-29-31-49-44(32-37)40-16-7-9-23-48(40)56-49)36-27-24-34(25-28-36)39-18-10-19-41-42-30-26-33-12-4-5-15-38(33)52(42)55-51(39)41/h1-32H. The molecule has 56 heavy (non-hydrogen) atoms. The number of benzene rings is 9. The fourth-order valence-electron chi connectivity index (χ4n) is 8.87. The highest BCUT2D eigenvalue weighted by molar-refractivity contribution is 7.25. The van der Waals surface area contributed by atoms with Gasteiger partial charge in [0.05, 0.1) is 16.7 Å². The van der Waals surface area contributed by atoms with Gasteiger partial charge >= 0.3 is 0 Å². The first-order chi connectivity index (χ1) is 27.8. The molecule has 3 aromatic heterocycles. The lowest BCUT2D eigenvalue weighted by Crippen LogP contribution is -2.10. The third-order valence-corrected chi connectivity index (χ3v) is 12.5. The van der Waals surface area contributed by atoms with Gasteiger partial charge in [-0.25, -0.2) is 0 Å². The molecule has 12 rings (SSSR count). The van der Waals surface area contributed by atoms with E-state index in [4.69, 9.17) is 4.42 Å². The number of furan rings is 1. The van der Waals surface area contributed by atoms with Crippen molar-refractivity contribution in [2.75, 3.05) is 4.90 Å². The summed E-state index contributed by atoms with van der Waals surface area (Å²) in [5, 5.41) is 9.58. The normalized spacial score (nSPS) is 11.9. The molecule has 4 heteroatoms. The summed E-state index contributed by atoms with van der Waals surface area (Å²) in [5.41, 5.74) is 10.9. The number of para-hydroxylation sites is 3. The topological polar surface area (TPSA) is 21.3 Å². The van der Waals surface area contributed by atoms with E-state index in [0.717, 1.165) is 61.2 Å². The number of aromatic nitrogens is 1. The van der Waals surface area contributed by atoms with Crippen molar-refractivity contribution in [3.8, 4) is 16.8 Å². The van der Waals surface area contributed by atoms with Gasteiger partial charge in [-0.15, -0.1) is 11.3 Å². The molecule has 0 bridgehead atoms. The Morgan fingerprint density at radius 3 is 2.00 bits per heavy atom. The maximum atomic E-state index is 6.75. The van der Waals surface area contributed by atoms with Crippen molar-refractivity contribution in [3.63, 3.8) is 0 Å². The SMILES string of the molecule is c1ccc(-n2c3ccccc3c3c(N(c4ccc(-c5cccc6c5oc5c7ccccc7ccc65)cc4)c4ccc5sc6ccccc6c5c4)cccc32)cc1. The Balaban J connectivity index is 1.08. The minimum absolute atomic E-state index is 0.914. The van der Waals surface area contributed by atoms with Gasteiger partial charge in [0.2, 0.25) is 0 Å². The average molecular weight is 733 g/mol. The molecule has 3 nitrogen and oxygen atoms in total. The summed E-state index contributed by atoms with van der Waals surface area (Å²) in [4.78, 5) is 2.44. The third kappa shape index (κ3) is 4.63. The van der Waals surface area contributed by atoms with E-state index >= 15 is 0 Å². The molecule has 0 atom stereocenters. The molecule has 0 amide bonds. The largest absolute Gasteiger partial charge is 0.455 e. The van der Waals surface area contributed by atoms with Crippen LogP contribution in [-0.2, 0) is 0 Å². The second kappa shape index (κ2) is 12.2. The van der Waals surface area contributed by atoms with Gasteiger partial charge in [0, 0.05) is 69.7 Å². The fraction of sp³-hybridized carbons (Fsp3) is 0. The molecule has 0 radical (unpaired) electrons. The Morgan fingerprint density at radius 2 is 1.11 bits per heavy atom. The van der Waals surface area contributed by atoms with Crippen molar-refractivity contribution in [3.05, 3.63) is 194 Å². The average Bonchev–Trinajstić information content (AvgIpc) is 3.94. The predicted octanol–water partition coefficient (Wildman–Crippen LogP) is 15.3. The molecule has 0 aliphatic rings. The Kier molecular flexibility index (Phi) is 6.80. The van der Waals surface area contributed by atoms with Crippen LogP contribution >= 0.6 is 11.3 Å². The molecular weight excluding hydrogens is 701 g/mol. The minimum atomic E-state index is 0.914. The highest BCUT2D eigenvalue weighted by Crippen LogP contribution is 2.46. The molecule has 0 aliphatic heterocycles. The molecule has 0 spiro atoms. The molecule has 12 aromatic rings. The number of fused-ring (bicyclic) bond motifs is 11. The molecule has 9 aromatic carbocycles. The Hall–Kier alpha value is -7.14. The summed E-state index contributed by atoms with van der Waals surface area (Å²) < 4.78 is 11.7. The summed E-state index contributed by atoms with van der Waals surface area (Å²) in [6.07, 6.45) is 0. The van der Waals surface area contributed by atoms with Crippen LogP contribution < -0.4 is 4.90 Å². The van der Waals surface area contributed by atoms with E-state index in [0.29, 0.717) is 0 Å². The summed E-state index contributed by atoms with van der Waals surface area (Å²) >= 11 is 1.85. The maximum Gasteiger partial charge on any atom is 0.143 e. The van der Waals surface area contributed by atoms with Crippen molar-refractivity contribution in [2.24, 2.45) is 0 Å². The van der Waals surface area contributed by atoms with Gasteiger partial charge in [-0.05, 0) is 83.7 Å². The fourth-order valence-corrected chi connectivity index (χ4v) is 9.95. The summed E-state index contributed by atoms with van der Waals surface area (Å²) in [5.74, 6) is 0. The van der Waals surface area contributed by atoms with Crippen LogP contribution in [0.15, 0.2) is 199 Å². The van der Waals surface area contributed by atoms with Gasteiger partial charge in [0.1, 0.15) is 11.2 Å². The van der Waals surface area contributed by atoms with E-state index < -0.39 is 0 Å². The molecule has 262 valence electrons. The van der Waals surface area contributed by atoms with Crippen LogP contribution in [0, 0.1) is 0 Å².